The largest absolute Gasteiger partial charge is 0.383 e. The minimum absolute atomic E-state index is 0.487. The van der Waals surface area contributed by atoms with Gasteiger partial charge in [-0.1, -0.05) is 54.4 Å². The van der Waals surface area contributed by atoms with Gasteiger partial charge in [0.2, 0.25) is 5.95 Å². The van der Waals surface area contributed by atoms with Crippen molar-refractivity contribution in [1.29, 1.82) is 0 Å². The number of piperidine rings is 1. The van der Waals surface area contributed by atoms with Crippen molar-refractivity contribution in [3.05, 3.63) is 59.6 Å². The van der Waals surface area contributed by atoms with E-state index in [1.165, 1.54) is 19.3 Å². The molecule has 3 N–H and O–H groups in total. The molecule has 0 amide bonds. The maximum absolute atomic E-state index is 6.56. The third kappa shape index (κ3) is 4.13. The van der Waals surface area contributed by atoms with Gasteiger partial charge in [0.1, 0.15) is 5.82 Å². The zero-order chi connectivity index (χ0) is 21.9. The summed E-state index contributed by atoms with van der Waals surface area (Å²) in [4.78, 5) is 12.0. The van der Waals surface area contributed by atoms with Crippen molar-refractivity contribution in [3.8, 4) is 16.9 Å². The molecule has 1 aliphatic heterocycles. The topological polar surface area (TPSA) is 84.9 Å². The summed E-state index contributed by atoms with van der Waals surface area (Å²) in [6.07, 6.45) is 3.88. The fourth-order valence-corrected chi connectivity index (χ4v) is 4.44. The number of fused-ring (bicyclic) bond motifs is 1. The van der Waals surface area contributed by atoms with Crippen molar-refractivity contribution in [3.63, 3.8) is 0 Å². The molecule has 1 aliphatic rings. The summed E-state index contributed by atoms with van der Waals surface area (Å²) in [5, 5.41) is 9.40. The Morgan fingerprint density at radius 1 is 0.938 bits per heavy atom. The smallest absolute Gasteiger partial charge is 0.225 e. The lowest BCUT2D eigenvalue weighted by Crippen LogP contribution is -2.33. The highest BCUT2D eigenvalue weighted by atomic mass is 35.5. The predicted octanol–water partition coefficient (Wildman–Crippen LogP) is 4.62. The number of aromatic nitrogens is 4. The second-order valence-corrected chi connectivity index (χ2v) is 8.44. The molecule has 7 nitrogen and oxygen atoms in total. The molecule has 1 fully saturated rings. The van der Waals surface area contributed by atoms with Gasteiger partial charge in [0.15, 0.2) is 5.65 Å². The molecule has 0 aliphatic carbocycles. The lowest BCUT2D eigenvalue weighted by molar-refractivity contribution is 0.237. The number of para-hydroxylation sites is 1. The molecule has 164 valence electrons. The highest BCUT2D eigenvalue weighted by molar-refractivity contribution is 6.33. The van der Waals surface area contributed by atoms with Crippen molar-refractivity contribution in [2.75, 3.05) is 37.2 Å². The SMILES string of the molecule is Nc1c2c(-c3ccccc3Cl)nc(NCCN3CCCCC3)nc2nn1-c1ccccc1. The first kappa shape index (κ1) is 20.7. The number of nitrogens with zero attached hydrogens (tertiary/aromatic N) is 5. The molecule has 0 atom stereocenters. The van der Waals surface area contributed by atoms with Crippen LogP contribution in [0.25, 0.3) is 28.0 Å². The summed E-state index contributed by atoms with van der Waals surface area (Å²) in [6.45, 7) is 4.04. The van der Waals surface area contributed by atoms with Crippen molar-refractivity contribution in [2.24, 2.45) is 0 Å². The Morgan fingerprint density at radius 2 is 1.69 bits per heavy atom. The van der Waals surface area contributed by atoms with Crippen LogP contribution in [0.3, 0.4) is 0 Å². The second kappa shape index (κ2) is 9.14. The Balaban J connectivity index is 1.54. The van der Waals surface area contributed by atoms with E-state index in [1.54, 1.807) is 4.68 Å². The van der Waals surface area contributed by atoms with Crippen molar-refractivity contribution in [1.82, 2.24) is 24.6 Å². The number of hydrogen-bond acceptors (Lipinski definition) is 6. The number of benzene rings is 2. The molecule has 2 aromatic carbocycles. The van der Waals surface area contributed by atoms with Gasteiger partial charge in [0.05, 0.1) is 16.8 Å². The van der Waals surface area contributed by atoms with Gasteiger partial charge in [0, 0.05) is 23.7 Å². The standard InChI is InChI=1S/C24H26ClN7/c25-19-12-6-5-11-18(19)21-20-22(26)32(17-9-3-1-4-10-17)30-23(20)29-24(28-21)27-13-16-31-14-7-2-8-15-31/h1,3-6,9-12H,2,7-8,13-16,26H2,(H,27,29,30). The molecule has 0 bridgehead atoms. The van der Waals surface area contributed by atoms with E-state index in [0.717, 1.165) is 37.4 Å². The Kier molecular flexibility index (Phi) is 5.92. The van der Waals surface area contributed by atoms with Crippen LogP contribution in [0.2, 0.25) is 5.02 Å². The van der Waals surface area contributed by atoms with Gasteiger partial charge in [-0.2, -0.15) is 4.98 Å². The minimum atomic E-state index is 0.487. The Morgan fingerprint density at radius 3 is 2.47 bits per heavy atom. The first-order valence-corrected chi connectivity index (χ1v) is 11.4. The number of hydrogen-bond donors (Lipinski definition) is 2. The van der Waals surface area contributed by atoms with Crippen molar-refractivity contribution >= 4 is 34.4 Å². The molecule has 4 aromatic rings. The first-order valence-electron chi connectivity index (χ1n) is 11.0. The second-order valence-electron chi connectivity index (χ2n) is 8.04. The first-order chi connectivity index (χ1) is 15.7. The average molecular weight is 448 g/mol. The fourth-order valence-electron chi connectivity index (χ4n) is 4.21. The molecule has 8 heteroatoms. The number of rotatable bonds is 6. The Bertz CT molecular complexity index is 1220. The van der Waals surface area contributed by atoms with Gasteiger partial charge in [-0.05, 0) is 44.1 Å². The van der Waals surface area contributed by atoms with E-state index in [-0.39, 0.29) is 0 Å². The van der Waals surface area contributed by atoms with E-state index in [4.69, 9.17) is 27.4 Å². The quantitative estimate of drug-likeness (QED) is 0.448. The summed E-state index contributed by atoms with van der Waals surface area (Å²) in [5.41, 5.74) is 9.45. The fraction of sp³-hybridized carbons (Fsp3) is 0.292. The molecule has 0 spiro atoms. The number of nitrogens with two attached hydrogens (primary N) is 1. The molecule has 1 saturated heterocycles. The number of likely N-dealkylation sites (tertiary alicyclic amines) is 1. The molecule has 0 saturated carbocycles. The van der Waals surface area contributed by atoms with E-state index in [2.05, 4.69) is 15.2 Å². The minimum Gasteiger partial charge on any atom is -0.383 e. The van der Waals surface area contributed by atoms with E-state index in [9.17, 15) is 0 Å². The lowest BCUT2D eigenvalue weighted by atomic mass is 10.1. The van der Waals surface area contributed by atoms with Crippen LogP contribution < -0.4 is 11.1 Å². The molecule has 0 radical (unpaired) electrons. The number of anilines is 2. The van der Waals surface area contributed by atoms with Crippen LogP contribution in [0, 0.1) is 0 Å². The molecule has 32 heavy (non-hydrogen) atoms. The molecule has 0 unspecified atom stereocenters. The monoisotopic (exact) mass is 447 g/mol. The van der Waals surface area contributed by atoms with Gasteiger partial charge < -0.3 is 16.0 Å². The highest BCUT2D eigenvalue weighted by Crippen LogP contribution is 2.35. The number of halogens is 1. The number of nitrogen functional groups attached to an aromatic ring is 1. The molecular weight excluding hydrogens is 422 g/mol. The third-order valence-corrected chi connectivity index (χ3v) is 6.19. The zero-order valence-corrected chi connectivity index (χ0v) is 18.6. The zero-order valence-electron chi connectivity index (χ0n) is 17.8. The number of nitrogens with one attached hydrogen (secondary N) is 1. The predicted molar refractivity (Wildman–Crippen MR) is 130 cm³/mol. The van der Waals surface area contributed by atoms with Crippen LogP contribution in [0.4, 0.5) is 11.8 Å². The average Bonchev–Trinajstić information content (AvgIpc) is 3.17. The summed E-state index contributed by atoms with van der Waals surface area (Å²) >= 11 is 6.54. The summed E-state index contributed by atoms with van der Waals surface area (Å²) < 4.78 is 1.71. The Labute approximate surface area is 192 Å². The van der Waals surface area contributed by atoms with Crippen molar-refractivity contribution in [2.45, 2.75) is 19.3 Å². The lowest BCUT2D eigenvalue weighted by Gasteiger charge is -2.26. The van der Waals surface area contributed by atoms with Crippen molar-refractivity contribution < 1.29 is 0 Å². The normalized spacial score (nSPS) is 14.7. The molecule has 2 aromatic heterocycles. The van der Waals surface area contributed by atoms with Crippen LogP contribution in [0.15, 0.2) is 54.6 Å². The van der Waals surface area contributed by atoms with Gasteiger partial charge in [0.25, 0.3) is 0 Å². The molecule has 3 heterocycles. The molecule has 5 rings (SSSR count). The van der Waals surface area contributed by atoms with Gasteiger partial charge in [-0.25, -0.2) is 9.67 Å². The van der Waals surface area contributed by atoms with Crippen LogP contribution in [0.1, 0.15) is 19.3 Å². The van der Waals surface area contributed by atoms with Crippen LogP contribution in [-0.2, 0) is 0 Å². The maximum atomic E-state index is 6.56. The summed E-state index contributed by atoms with van der Waals surface area (Å²) in [5.74, 6) is 1.02. The van der Waals surface area contributed by atoms with Gasteiger partial charge >= 0.3 is 0 Å². The van der Waals surface area contributed by atoms with Crippen LogP contribution in [-0.4, -0.2) is 50.8 Å². The Hall–Kier alpha value is -3.16. The van der Waals surface area contributed by atoms with E-state index in [0.29, 0.717) is 33.5 Å². The van der Waals surface area contributed by atoms with E-state index < -0.39 is 0 Å². The summed E-state index contributed by atoms with van der Waals surface area (Å²) in [7, 11) is 0. The highest BCUT2D eigenvalue weighted by Gasteiger charge is 2.20. The molecular formula is C24H26ClN7. The maximum Gasteiger partial charge on any atom is 0.225 e. The van der Waals surface area contributed by atoms with Crippen LogP contribution in [0.5, 0.6) is 0 Å². The van der Waals surface area contributed by atoms with Gasteiger partial charge in [-0.15, -0.1) is 5.10 Å². The van der Waals surface area contributed by atoms with E-state index >= 15 is 0 Å². The van der Waals surface area contributed by atoms with Gasteiger partial charge in [-0.3, -0.25) is 0 Å². The van der Waals surface area contributed by atoms with E-state index in [1.807, 2.05) is 54.6 Å². The summed E-state index contributed by atoms with van der Waals surface area (Å²) in [6, 6.07) is 17.4. The van der Waals surface area contributed by atoms with Crippen LogP contribution >= 0.6 is 11.6 Å². The third-order valence-electron chi connectivity index (χ3n) is 5.86.